The Kier molecular flexibility index (Phi) is 4.93. The zero-order chi connectivity index (χ0) is 17.1. The Morgan fingerprint density at radius 3 is 2.42 bits per heavy atom. The third kappa shape index (κ3) is 3.64. The number of rotatable bonds is 4. The molecule has 3 rings (SSSR count). The molecule has 0 unspecified atom stereocenters. The molecule has 0 fully saturated rings. The molecule has 0 bridgehead atoms. The molecule has 0 saturated heterocycles. The average molecular weight is 361 g/mol. The first-order valence-electron chi connectivity index (χ1n) is 7.31. The van der Waals surface area contributed by atoms with E-state index in [1.807, 2.05) is 31.2 Å². The molecule has 0 aliphatic rings. The predicted octanol–water partition coefficient (Wildman–Crippen LogP) is 5.44. The second-order valence-electron chi connectivity index (χ2n) is 5.26. The van der Waals surface area contributed by atoms with E-state index in [1.165, 1.54) is 0 Å². The van der Waals surface area contributed by atoms with Gasteiger partial charge in [-0.2, -0.15) is 0 Å². The third-order valence-electron chi connectivity index (χ3n) is 3.54. The lowest BCUT2D eigenvalue weighted by Gasteiger charge is -2.11. The van der Waals surface area contributed by atoms with Crippen molar-refractivity contribution in [2.45, 2.75) is 6.92 Å². The van der Waals surface area contributed by atoms with E-state index in [0.29, 0.717) is 21.5 Å². The molecular formula is C19H14Cl2O3. The molecular weight excluding hydrogens is 347 g/mol. The standard InChI is InChI=1S/C19H14Cl2O3/c1-12-10-13(20)6-8-17(12)23-11-19(22)24-18-9-7-16(21)14-4-2-3-5-15(14)18/h2-10H,11H2,1H3. The highest BCUT2D eigenvalue weighted by molar-refractivity contribution is 6.35. The van der Waals surface area contributed by atoms with Gasteiger partial charge in [-0.3, -0.25) is 0 Å². The molecule has 0 atom stereocenters. The van der Waals surface area contributed by atoms with E-state index in [-0.39, 0.29) is 6.61 Å². The number of ether oxygens (including phenoxy) is 2. The van der Waals surface area contributed by atoms with Crippen LogP contribution >= 0.6 is 23.2 Å². The fourth-order valence-electron chi connectivity index (χ4n) is 2.39. The van der Waals surface area contributed by atoms with Crippen molar-refractivity contribution >= 4 is 39.9 Å². The highest BCUT2D eigenvalue weighted by atomic mass is 35.5. The van der Waals surface area contributed by atoms with Crippen LogP contribution in [0.15, 0.2) is 54.6 Å². The molecule has 0 amide bonds. The number of halogens is 2. The van der Waals surface area contributed by atoms with Gasteiger partial charge in [0.1, 0.15) is 11.5 Å². The van der Waals surface area contributed by atoms with Crippen LogP contribution in [0.3, 0.4) is 0 Å². The molecule has 5 heteroatoms. The lowest BCUT2D eigenvalue weighted by molar-refractivity contribution is -0.136. The van der Waals surface area contributed by atoms with Gasteiger partial charge in [-0.1, -0.05) is 47.5 Å². The molecule has 0 N–H and O–H groups in total. The summed E-state index contributed by atoms with van der Waals surface area (Å²) in [6.45, 7) is 1.67. The van der Waals surface area contributed by atoms with Crippen molar-refractivity contribution < 1.29 is 14.3 Å². The number of benzene rings is 3. The maximum absolute atomic E-state index is 12.1. The lowest BCUT2D eigenvalue weighted by Crippen LogP contribution is -2.18. The predicted molar refractivity (Wildman–Crippen MR) is 96.3 cm³/mol. The second kappa shape index (κ2) is 7.12. The number of hydrogen-bond acceptors (Lipinski definition) is 3. The van der Waals surface area contributed by atoms with E-state index in [0.717, 1.165) is 16.3 Å². The number of hydrogen-bond donors (Lipinski definition) is 0. The first-order chi connectivity index (χ1) is 11.5. The maximum Gasteiger partial charge on any atom is 0.349 e. The van der Waals surface area contributed by atoms with Gasteiger partial charge >= 0.3 is 5.97 Å². The highest BCUT2D eigenvalue weighted by Gasteiger charge is 2.11. The minimum absolute atomic E-state index is 0.195. The van der Waals surface area contributed by atoms with Gasteiger partial charge in [0.2, 0.25) is 0 Å². The molecule has 3 nitrogen and oxygen atoms in total. The molecule has 0 spiro atoms. The van der Waals surface area contributed by atoms with Gasteiger partial charge < -0.3 is 9.47 Å². The third-order valence-corrected chi connectivity index (χ3v) is 4.10. The number of aryl methyl sites for hydroxylation is 1. The summed E-state index contributed by atoms with van der Waals surface area (Å²) in [6, 6.07) is 16.1. The zero-order valence-corrected chi connectivity index (χ0v) is 14.4. The molecule has 0 aliphatic heterocycles. The van der Waals surface area contributed by atoms with Crippen LogP contribution in [0.4, 0.5) is 0 Å². The molecule has 3 aromatic rings. The van der Waals surface area contributed by atoms with Gasteiger partial charge in [-0.05, 0) is 42.8 Å². The average Bonchev–Trinajstić information content (AvgIpc) is 2.57. The first kappa shape index (κ1) is 16.6. The fourth-order valence-corrected chi connectivity index (χ4v) is 2.84. The van der Waals surface area contributed by atoms with Gasteiger partial charge in [0.15, 0.2) is 6.61 Å². The summed E-state index contributed by atoms with van der Waals surface area (Å²) in [5.41, 5.74) is 0.854. The van der Waals surface area contributed by atoms with Crippen molar-refractivity contribution in [1.82, 2.24) is 0 Å². The smallest absolute Gasteiger partial charge is 0.349 e. The Morgan fingerprint density at radius 1 is 0.958 bits per heavy atom. The van der Waals surface area contributed by atoms with Crippen LogP contribution in [0.25, 0.3) is 10.8 Å². The largest absolute Gasteiger partial charge is 0.482 e. The van der Waals surface area contributed by atoms with Crippen molar-refractivity contribution in [2.75, 3.05) is 6.61 Å². The molecule has 3 aromatic carbocycles. The summed E-state index contributed by atoms with van der Waals surface area (Å²) in [5, 5.41) is 2.84. The van der Waals surface area contributed by atoms with Gasteiger partial charge in [-0.25, -0.2) is 4.79 Å². The first-order valence-corrected chi connectivity index (χ1v) is 8.07. The Labute approximate surface area is 149 Å². The second-order valence-corrected chi connectivity index (χ2v) is 6.11. The molecule has 0 aromatic heterocycles. The lowest BCUT2D eigenvalue weighted by atomic mass is 10.1. The summed E-state index contributed by atoms with van der Waals surface area (Å²) in [6.07, 6.45) is 0. The molecule has 0 heterocycles. The van der Waals surface area contributed by atoms with Gasteiger partial charge in [0.05, 0.1) is 0 Å². The molecule has 24 heavy (non-hydrogen) atoms. The quantitative estimate of drug-likeness (QED) is 0.459. The fraction of sp³-hybridized carbons (Fsp3) is 0.105. The number of esters is 1. The summed E-state index contributed by atoms with van der Waals surface area (Å²) >= 11 is 12.1. The van der Waals surface area contributed by atoms with Crippen LogP contribution in [-0.4, -0.2) is 12.6 Å². The SMILES string of the molecule is Cc1cc(Cl)ccc1OCC(=O)Oc1ccc(Cl)c2ccccc12. The normalized spacial score (nSPS) is 10.6. The van der Waals surface area contributed by atoms with Crippen molar-refractivity contribution in [3.63, 3.8) is 0 Å². The number of carbonyl (C=O) groups excluding carboxylic acids is 1. The highest BCUT2D eigenvalue weighted by Crippen LogP contribution is 2.31. The van der Waals surface area contributed by atoms with Gasteiger partial charge in [0, 0.05) is 20.8 Å². The van der Waals surface area contributed by atoms with E-state index >= 15 is 0 Å². The summed E-state index contributed by atoms with van der Waals surface area (Å²) in [4.78, 5) is 12.1. The van der Waals surface area contributed by atoms with Crippen LogP contribution in [0, 0.1) is 6.92 Å². The van der Waals surface area contributed by atoms with Crippen LogP contribution in [0.2, 0.25) is 10.0 Å². The maximum atomic E-state index is 12.1. The summed E-state index contributed by atoms with van der Waals surface area (Å²) in [7, 11) is 0. The van der Waals surface area contributed by atoms with E-state index in [9.17, 15) is 4.79 Å². The molecule has 0 aliphatic carbocycles. The van der Waals surface area contributed by atoms with E-state index in [2.05, 4.69) is 0 Å². The summed E-state index contributed by atoms with van der Waals surface area (Å²) in [5.74, 6) is 0.561. The Morgan fingerprint density at radius 2 is 1.67 bits per heavy atom. The monoisotopic (exact) mass is 360 g/mol. The van der Waals surface area contributed by atoms with Crippen molar-refractivity contribution in [2.24, 2.45) is 0 Å². The molecule has 0 saturated carbocycles. The summed E-state index contributed by atoms with van der Waals surface area (Å²) < 4.78 is 10.9. The van der Waals surface area contributed by atoms with E-state index in [1.54, 1.807) is 30.3 Å². The van der Waals surface area contributed by atoms with Crippen molar-refractivity contribution in [1.29, 1.82) is 0 Å². The molecule has 122 valence electrons. The van der Waals surface area contributed by atoms with E-state index < -0.39 is 5.97 Å². The van der Waals surface area contributed by atoms with Crippen LogP contribution in [0.5, 0.6) is 11.5 Å². The topological polar surface area (TPSA) is 35.5 Å². The Balaban J connectivity index is 1.72. The zero-order valence-electron chi connectivity index (χ0n) is 12.9. The van der Waals surface area contributed by atoms with Crippen LogP contribution in [-0.2, 0) is 4.79 Å². The minimum Gasteiger partial charge on any atom is -0.482 e. The minimum atomic E-state index is -0.489. The van der Waals surface area contributed by atoms with Crippen LogP contribution in [0.1, 0.15) is 5.56 Å². The van der Waals surface area contributed by atoms with Gasteiger partial charge in [0.25, 0.3) is 0 Å². The van der Waals surface area contributed by atoms with E-state index in [4.69, 9.17) is 32.7 Å². The Hall–Kier alpha value is -2.23. The molecule has 0 radical (unpaired) electrons. The number of fused-ring (bicyclic) bond motifs is 1. The van der Waals surface area contributed by atoms with Crippen molar-refractivity contribution in [3.8, 4) is 11.5 Å². The number of carbonyl (C=O) groups is 1. The van der Waals surface area contributed by atoms with Crippen LogP contribution < -0.4 is 9.47 Å². The van der Waals surface area contributed by atoms with Gasteiger partial charge in [-0.15, -0.1) is 0 Å². The Bertz CT molecular complexity index is 906. The van der Waals surface area contributed by atoms with Crippen molar-refractivity contribution in [3.05, 3.63) is 70.2 Å².